The zero-order valence-electron chi connectivity index (χ0n) is 11.9. The maximum absolute atomic E-state index is 12.3. The monoisotopic (exact) mass is 309 g/mol. The minimum Gasteiger partial charge on any atom is -0.481 e. The van der Waals surface area contributed by atoms with E-state index in [9.17, 15) is 9.59 Å². The van der Waals surface area contributed by atoms with Crippen LogP contribution < -0.4 is 0 Å². The normalized spacial score (nSPS) is 18.0. The molecule has 0 saturated carbocycles. The molecule has 114 valence electrons. The molecule has 1 aliphatic heterocycles. The van der Waals surface area contributed by atoms with Crippen LogP contribution in [0.2, 0.25) is 5.02 Å². The predicted molar refractivity (Wildman–Crippen MR) is 81.2 cm³/mol. The number of carbonyl (C=O) groups is 2. The minimum atomic E-state index is -0.805. The van der Waals surface area contributed by atoms with Gasteiger partial charge in [-0.2, -0.15) is 0 Å². The molecule has 5 heteroatoms. The lowest BCUT2D eigenvalue weighted by molar-refractivity contribution is -0.137. The number of amides is 1. The predicted octanol–water partition coefficient (Wildman–Crippen LogP) is 3.65. The van der Waals surface area contributed by atoms with Crippen molar-refractivity contribution < 1.29 is 14.7 Å². The van der Waals surface area contributed by atoms with Crippen LogP contribution in [0.5, 0.6) is 0 Å². The third kappa shape index (κ3) is 4.46. The van der Waals surface area contributed by atoms with Gasteiger partial charge in [-0.05, 0) is 43.4 Å². The van der Waals surface area contributed by atoms with Gasteiger partial charge in [-0.1, -0.05) is 23.7 Å². The first-order valence-corrected chi connectivity index (χ1v) is 7.72. The molecule has 0 aromatic heterocycles. The Hall–Kier alpha value is -1.55. The van der Waals surface area contributed by atoms with Crippen molar-refractivity contribution in [3.63, 3.8) is 0 Å². The van der Waals surface area contributed by atoms with Crippen LogP contribution in [-0.2, 0) is 9.59 Å². The van der Waals surface area contributed by atoms with Crippen LogP contribution >= 0.6 is 11.6 Å². The second-order valence-electron chi connectivity index (χ2n) is 5.40. The van der Waals surface area contributed by atoms with Crippen molar-refractivity contribution in [3.05, 3.63) is 34.9 Å². The summed E-state index contributed by atoms with van der Waals surface area (Å²) in [7, 11) is 0. The van der Waals surface area contributed by atoms with Crippen molar-refractivity contribution in [1.82, 2.24) is 4.90 Å². The van der Waals surface area contributed by atoms with Crippen molar-refractivity contribution in [2.24, 2.45) is 0 Å². The number of unbranched alkanes of at least 4 members (excludes halogenated alkanes) is 1. The summed E-state index contributed by atoms with van der Waals surface area (Å²) in [5, 5.41) is 9.29. The van der Waals surface area contributed by atoms with E-state index >= 15 is 0 Å². The number of nitrogens with zero attached hydrogens (tertiary/aromatic N) is 1. The summed E-state index contributed by atoms with van der Waals surface area (Å²) in [5.41, 5.74) is 1.08. The van der Waals surface area contributed by atoms with Crippen molar-refractivity contribution in [2.75, 3.05) is 6.54 Å². The van der Waals surface area contributed by atoms with E-state index in [1.54, 1.807) is 0 Å². The van der Waals surface area contributed by atoms with Crippen molar-refractivity contribution in [1.29, 1.82) is 0 Å². The molecule has 0 bridgehead atoms. The lowest BCUT2D eigenvalue weighted by Gasteiger charge is -2.25. The average Bonchev–Trinajstić information content (AvgIpc) is 2.92. The fraction of sp³-hybridized carbons (Fsp3) is 0.500. The van der Waals surface area contributed by atoms with Gasteiger partial charge in [-0.3, -0.25) is 9.59 Å². The van der Waals surface area contributed by atoms with Crippen molar-refractivity contribution in [3.8, 4) is 0 Å². The quantitative estimate of drug-likeness (QED) is 0.816. The van der Waals surface area contributed by atoms with E-state index in [4.69, 9.17) is 16.7 Å². The largest absolute Gasteiger partial charge is 0.481 e. The molecule has 2 rings (SSSR count). The topological polar surface area (TPSA) is 57.6 Å². The number of hydrogen-bond donors (Lipinski definition) is 1. The molecule has 1 aromatic carbocycles. The fourth-order valence-electron chi connectivity index (χ4n) is 2.82. The van der Waals surface area contributed by atoms with Crippen LogP contribution in [0.4, 0.5) is 0 Å². The third-order valence-corrected chi connectivity index (χ3v) is 4.07. The van der Waals surface area contributed by atoms with Crippen LogP contribution in [0.3, 0.4) is 0 Å². The molecule has 1 aromatic rings. The average molecular weight is 310 g/mol. The maximum Gasteiger partial charge on any atom is 0.303 e. The van der Waals surface area contributed by atoms with Crippen LogP contribution in [0, 0.1) is 0 Å². The fourth-order valence-corrected chi connectivity index (χ4v) is 3.02. The smallest absolute Gasteiger partial charge is 0.303 e. The number of likely N-dealkylation sites (tertiary alicyclic amines) is 1. The summed E-state index contributed by atoms with van der Waals surface area (Å²) in [6.45, 7) is 0.773. The zero-order valence-corrected chi connectivity index (χ0v) is 12.7. The lowest BCUT2D eigenvalue weighted by atomic mass is 10.0. The van der Waals surface area contributed by atoms with Gasteiger partial charge in [0, 0.05) is 24.4 Å². The van der Waals surface area contributed by atoms with E-state index in [1.165, 1.54) is 0 Å². The number of aliphatic carboxylic acids is 1. The molecule has 1 atom stereocenters. The molecule has 0 radical (unpaired) electrons. The number of benzene rings is 1. The Morgan fingerprint density at radius 2 is 2.05 bits per heavy atom. The first kappa shape index (κ1) is 15.8. The van der Waals surface area contributed by atoms with Gasteiger partial charge in [0.25, 0.3) is 0 Å². The van der Waals surface area contributed by atoms with E-state index in [0.717, 1.165) is 24.9 Å². The van der Waals surface area contributed by atoms with Gasteiger partial charge in [-0.25, -0.2) is 0 Å². The van der Waals surface area contributed by atoms with E-state index in [-0.39, 0.29) is 18.4 Å². The molecular weight excluding hydrogens is 290 g/mol. The summed E-state index contributed by atoms with van der Waals surface area (Å²) in [4.78, 5) is 24.7. The number of halogens is 1. The Morgan fingerprint density at radius 1 is 1.29 bits per heavy atom. The Balaban J connectivity index is 1.92. The van der Waals surface area contributed by atoms with E-state index in [2.05, 4.69) is 0 Å². The standard InChI is InChI=1S/C16H20ClNO3/c17-13-6-3-5-12(11-13)14-7-4-10-18(14)15(19)8-1-2-9-16(20)21/h3,5-6,11,14H,1-2,4,7-10H2,(H,20,21). The summed E-state index contributed by atoms with van der Waals surface area (Å²) in [6.07, 6.45) is 3.69. The second kappa shape index (κ2) is 7.46. The van der Waals surface area contributed by atoms with Gasteiger partial charge in [-0.15, -0.1) is 0 Å². The van der Waals surface area contributed by atoms with Gasteiger partial charge in [0.05, 0.1) is 6.04 Å². The highest BCUT2D eigenvalue weighted by Crippen LogP contribution is 2.33. The van der Waals surface area contributed by atoms with Gasteiger partial charge in [0.1, 0.15) is 0 Å². The molecule has 1 unspecified atom stereocenters. The van der Waals surface area contributed by atoms with E-state index in [0.29, 0.717) is 24.3 Å². The summed E-state index contributed by atoms with van der Waals surface area (Å²) in [5.74, 6) is -0.691. The molecular formula is C16H20ClNO3. The van der Waals surface area contributed by atoms with E-state index in [1.807, 2.05) is 29.2 Å². The minimum absolute atomic E-state index is 0.107. The Labute approximate surface area is 129 Å². The Bertz CT molecular complexity index is 518. The highest BCUT2D eigenvalue weighted by Gasteiger charge is 2.29. The van der Waals surface area contributed by atoms with Crippen molar-refractivity contribution in [2.45, 2.75) is 44.6 Å². The highest BCUT2D eigenvalue weighted by molar-refractivity contribution is 6.30. The molecule has 1 amide bonds. The molecule has 1 saturated heterocycles. The van der Waals surface area contributed by atoms with E-state index < -0.39 is 5.97 Å². The first-order chi connectivity index (χ1) is 10.1. The molecule has 1 aliphatic rings. The van der Waals surface area contributed by atoms with Gasteiger partial charge in [0.15, 0.2) is 0 Å². The lowest BCUT2D eigenvalue weighted by Crippen LogP contribution is -2.30. The van der Waals surface area contributed by atoms with Gasteiger partial charge < -0.3 is 10.0 Å². The van der Waals surface area contributed by atoms with Crippen LogP contribution in [0.15, 0.2) is 24.3 Å². The first-order valence-electron chi connectivity index (χ1n) is 7.34. The third-order valence-electron chi connectivity index (χ3n) is 3.84. The molecule has 1 heterocycles. The number of carboxylic acids is 1. The van der Waals surface area contributed by atoms with Crippen LogP contribution in [0.1, 0.15) is 50.1 Å². The Kier molecular flexibility index (Phi) is 5.62. The molecule has 21 heavy (non-hydrogen) atoms. The number of carbonyl (C=O) groups excluding carboxylic acids is 1. The zero-order chi connectivity index (χ0) is 15.2. The number of hydrogen-bond acceptors (Lipinski definition) is 2. The Morgan fingerprint density at radius 3 is 2.76 bits per heavy atom. The highest BCUT2D eigenvalue weighted by atomic mass is 35.5. The second-order valence-corrected chi connectivity index (χ2v) is 5.84. The molecule has 4 nitrogen and oxygen atoms in total. The molecule has 0 spiro atoms. The maximum atomic E-state index is 12.3. The summed E-state index contributed by atoms with van der Waals surface area (Å²) >= 11 is 6.02. The molecule has 1 N–H and O–H groups in total. The van der Waals surface area contributed by atoms with Gasteiger partial charge >= 0.3 is 5.97 Å². The number of rotatable bonds is 6. The summed E-state index contributed by atoms with van der Waals surface area (Å²) in [6, 6.07) is 7.77. The SMILES string of the molecule is O=C(O)CCCCC(=O)N1CCCC1c1cccc(Cl)c1. The van der Waals surface area contributed by atoms with Crippen LogP contribution in [0.25, 0.3) is 0 Å². The molecule has 1 fully saturated rings. The van der Waals surface area contributed by atoms with Gasteiger partial charge in [0.2, 0.25) is 5.91 Å². The number of carboxylic acid groups (broad SMARTS) is 1. The van der Waals surface area contributed by atoms with Crippen molar-refractivity contribution >= 4 is 23.5 Å². The molecule has 0 aliphatic carbocycles. The van der Waals surface area contributed by atoms with Crippen LogP contribution in [-0.4, -0.2) is 28.4 Å². The summed E-state index contributed by atoms with van der Waals surface area (Å²) < 4.78 is 0.